The maximum atomic E-state index is 12.5. The summed E-state index contributed by atoms with van der Waals surface area (Å²) in [4.78, 5) is 27.8. The normalized spacial score (nSPS) is 10.6. The van der Waals surface area contributed by atoms with Crippen LogP contribution >= 0.6 is 11.8 Å². The molecule has 1 N–H and O–H groups in total. The fourth-order valence-electron chi connectivity index (χ4n) is 2.12. The number of aromatic nitrogens is 1. The molecule has 5 nitrogen and oxygen atoms in total. The van der Waals surface area contributed by atoms with Gasteiger partial charge in [-0.25, -0.2) is 9.78 Å². The van der Waals surface area contributed by atoms with E-state index in [4.69, 9.17) is 4.74 Å². The van der Waals surface area contributed by atoms with Gasteiger partial charge in [-0.2, -0.15) is 8.78 Å². The van der Waals surface area contributed by atoms with Gasteiger partial charge in [0.2, 0.25) is 0 Å². The maximum Gasteiger partial charge on any atom is 0.341 e. The molecule has 2 rings (SSSR count). The van der Waals surface area contributed by atoms with Crippen molar-refractivity contribution in [2.75, 3.05) is 11.9 Å². The number of benzene rings is 1. The van der Waals surface area contributed by atoms with Crippen molar-refractivity contribution in [3.8, 4) is 0 Å². The lowest BCUT2D eigenvalue weighted by atomic mass is 10.1. The van der Waals surface area contributed by atoms with Crippen molar-refractivity contribution in [3.63, 3.8) is 0 Å². The number of hydrogen-bond acceptors (Lipinski definition) is 5. The molecular formula is C17H16F2N2O3S. The Kier molecular flexibility index (Phi) is 6.46. The van der Waals surface area contributed by atoms with Crippen LogP contribution in [0.4, 0.5) is 14.5 Å². The summed E-state index contributed by atoms with van der Waals surface area (Å²) >= 11 is 0.148. The lowest BCUT2D eigenvalue weighted by Gasteiger charge is -2.12. The molecule has 8 heteroatoms. The Morgan fingerprint density at radius 2 is 1.88 bits per heavy atom. The van der Waals surface area contributed by atoms with Crippen LogP contribution in [0.3, 0.4) is 0 Å². The molecular weight excluding hydrogens is 350 g/mol. The summed E-state index contributed by atoms with van der Waals surface area (Å²) in [6.07, 6.45) is 1.30. The quantitative estimate of drug-likeness (QED) is 0.622. The molecule has 0 saturated heterocycles. The summed E-state index contributed by atoms with van der Waals surface area (Å²) in [7, 11) is 0. The Morgan fingerprint density at radius 1 is 1.20 bits per heavy atom. The Balaban J connectivity index is 1.99. The summed E-state index contributed by atoms with van der Waals surface area (Å²) in [5.41, 5.74) is 2.30. The van der Waals surface area contributed by atoms with E-state index >= 15 is 0 Å². The predicted octanol–water partition coefficient (Wildman–Crippen LogP) is 3.81. The van der Waals surface area contributed by atoms with Crippen molar-refractivity contribution in [2.24, 2.45) is 0 Å². The van der Waals surface area contributed by atoms with Crippen LogP contribution in [-0.2, 0) is 9.53 Å². The summed E-state index contributed by atoms with van der Waals surface area (Å²) < 4.78 is 29.9. The van der Waals surface area contributed by atoms with Gasteiger partial charge in [0.05, 0.1) is 5.56 Å². The molecule has 1 aromatic carbocycles. The van der Waals surface area contributed by atoms with Gasteiger partial charge in [-0.3, -0.25) is 4.79 Å². The molecule has 0 aliphatic carbocycles. The van der Waals surface area contributed by atoms with E-state index < -0.39 is 24.2 Å². The molecule has 0 aliphatic heterocycles. The smallest absolute Gasteiger partial charge is 0.341 e. The number of amides is 1. The SMILES string of the molecule is Cc1cccc(C)c1NC(=O)COC(=O)c1cccnc1SC(F)F. The fourth-order valence-corrected chi connectivity index (χ4v) is 2.69. The number of aryl methyl sites for hydroxylation is 2. The van der Waals surface area contributed by atoms with Crippen molar-refractivity contribution < 1.29 is 23.1 Å². The number of esters is 1. The third-order valence-electron chi connectivity index (χ3n) is 3.27. The van der Waals surface area contributed by atoms with Gasteiger partial charge in [0, 0.05) is 11.9 Å². The second-order valence-electron chi connectivity index (χ2n) is 5.13. The van der Waals surface area contributed by atoms with Gasteiger partial charge in [-0.15, -0.1) is 0 Å². The number of carbonyl (C=O) groups is 2. The highest BCUT2D eigenvalue weighted by Gasteiger charge is 2.19. The molecule has 25 heavy (non-hydrogen) atoms. The number of rotatable bonds is 6. The number of nitrogens with one attached hydrogen (secondary N) is 1. The molecule has 0 unspecified atom stereocenters. The molecule has 132 valence electrons. The summed E-state index contributed by atoms with van der Waals surface area (Å²) in [6.45, 7) is 3.16. The molecule has 1 aromatic heterocycles. The zero-order chi connectivity index (χ0) is 18.4. The second-order valence-corrected chi connectivity index (χ2v) is 6.10. The average Bonchev–Trinajstić information content (AvgIpc) is 2.56. The van der Waals surface area contributed by atoms with E-state index in [0.717, 1.165) is 11.1 Å². The lowest BCUT2D eigenvalue weighted by molar-refractivity contribution is -0.119. The first-order valence-corrected chi connectivity index (χ1v) is 8.19. The molecule has 0 atom stereocenters. The van der Waals surface area contributed by atoms with Crippen molar-refractivity contribution in [2.45, 2.75) is 24.6 Å². The first-order chi connectivity index (χ1) is 11.9. The number of carbonyl (C=O) groups excluding carboxylic acids is 2. The van der Waals surface area contributed by atoms with Crippen LogP contribution < -0.4 is 5.32 Å². The molecule has 2 aromatic rings. The number of alkyl halides is 2. The van der Waals surface area contributed by atoms with Gasteiger partial charge in [0.25, 0.3) is 11.7 Å². The Hall–Kier alpha value is -2.48. The monoisotopic (exact) mass is 366 g/mol. The number of halogens is 2. The fraction of sp³-hybridized carbons (Fsp3) is 0.235. The van der Waals surface area contributed by atoms with Crippen LogP contribution in [-0.4, -0.2) is 29.2 Å². The van der Waals surface area contributed by atoms with Gasteiger partial charge >= 0.3 is 5.97 Å². The molecule has 1 amide bonds. The van der Waals surface area contributed by atoms with Crippen LogP contribution in [0.25, 0.3) is 0 Å². The average molecular weight is 366 g/mol. The largest absolute Gasteiger partial charge is 0.452 e. The lowest BCUT2D eigenvalue weighted by Crippen LogP contribution is -2.22. The van der Waals surface area contributed by atoms with Gasteiger partial charge in [0.1, 0.15) is 5.03 Å². The van der Waals surface area contributed by atoms with Crippen molar-refractivity contribution in [1.29, 1.82) is 0 Å². The highest BCUT2D eigenvalue weighted by atomic mass is 32.2. The van der Waals surface area contributed by atoms with E-state index in [0.29, 0.717) is 5.69 Å². The number of ether oxygens (including phenoxy) is 1. The standard InChI is InChI=1S/C17H16F2N2O3S/c1-10-5-3-6-11(2)14(10)21-13(22)9-24-16(23)12-7-4-8-20-15(12)25-17(18)19/h3-8,17H,9H2,1-2H3,(H,21,22). The minimum Gasteiger partial charge on any atom is -0.452 e. The molecule has 1 heterocycles. The van der Waals surface area contributed by atoms with Crippen LogP contribution in [0, 0.1) is 13.8 Å². The summed E-state index contributed by atoms with van der Waals surface area (Å²) in [5, 5.41) is 2.53. The van der Waals surface area contributed by atoms with E-state index in [1.807, 2.05) is 32.0 Å². The number of hydrogen-bond donors (Lipinski definition) is 1. The van der Waals surface area contributed by atoms with E-state index in [1.165, 1.54) is 18.3 Å². The van der Waals surface area contributed by atoms with Crippen molar-refractivity contribution in [3.05, 3.63) is 53.2 Å². The number of anilines is 1. The highest BCUT2D eigenvalue weighted by molar-refractivity contribution is 7.99. The molecule has 0 saturated carbocycles. The third kappa shape index (κ3) is 5.25. The second kappa shape index (κ2) is 8.57. The Bertz CT molecular complexity index is 764. The van der Waals surface area contributed by atoms with E-state index in [9.17, 15) is 18.4 Å². The maximum absolute atomic E-state index is 12.5. The van der Waals surface area contributed by atoms with Crippen LogP contribution in [0.1, 0.15) is 21.5 Å². The molecule has 0 radical (unpaired) electrons. The van der Waals surface area contributed by atoms with Crippen LogP contribution in [0.15, 0.2) is 41.6 Å². The molecule has 0 spiro atoms. The van der Waals surface area contributed by atoms with Gasteiger partial charge in [0.15, 0.2) is 6.61 Å². The minimum absolute atomic E-state index is 0.104. The van der Waals surface area contributed by atoms with Gasteiger partial charge in [-0.05, 0) is 48.9 Å². The van der Waals surface area contributed by atoms with Gasteiger partial charge in [-0.1, -0.05) is 18.2 Å². The summed E-state index contributed by atoms with van der Waals surface area (Å²) in [6, 6.07) is 8.31. The molecule has 0 aliphatic rings. The van der Waals surface area contributed by atoms with E-state index in [-0.39, 0.29) is 22.4 Å². The molecule has 0 fully saturated rings. The van der Waals surface area contributed by atoms with Gasteiger partial charge < -0.3 is 10.1 Å². The summed E-state index contributed by atoms with van der Waals surface area (Å²) in [5.74, 6) is -4.11. The number of thioether (sulfide) groups is 1. The Morgan fingerprint density at radius 3 is 2.52 bits per heavy atom. The van der Waals surface area contributed by atoms with E-state index in [2.05, 4.69) is 10.3 Å². The topological polar surface area (TPSA) is 68.3 Å². The number of pyridine rings is 1. The van der Waals surface area contributed by atoms with Crippen molar-refractivity contribution >= 4 is 29.3 Å². The van der Waals surface area contributed by atoms with Crippen molar-refractivity contribution in [1.82, 2.24) is 4.98 Å². The first-order valence-electron chi connectivity index (χ1n) is 7.31. The first kappa shape index (κ1) is 18.9. The molecule has 0 bridgehead atoms. The Labute approximate surface area is 147 Å². The number of para-hydroxylation sites is 1. The predicted molar refractivity (Wildman–Crippen MR) is 90.9 cm³/mol. The van der Waals surface area contributed by atoms with E-state index in [1.54, 1.807) is 0 Å². The zero-order valence-corrected chi connectivity index (χ0v) is 14.4. The number of nitrogens with zero attached hydrogens (tertiary/aromatic N) is 1. The van der Waals surface area contributed by atoms with Crippen LogP contribution in [0.2, 0.25) is 0 Å². The third-order valence-corrected chi connectivity index (χ3v) is 4.00. The highest BCUT2D eigenvalue weighted by Crippen LogP contribution is 2.26. The zero-order valence-electron chi connectivity index (χ0n) is 13.6. The van der Waals surface area contributed by atoms with Crippen LogP contribution in [0.5, 0.6) is 0 Å². The minimum atomic E-state index is -2.71.